The van der Waals surface area contributed by atoms with Gasteiger partial charge in [-0.25, -0.2) is 0 Å². The molecule has 0 aliphatic carbocycles. The molecule has 0 radical (unpaired) electrons. The summed E-state index contributed by atoms with van der Waals surface area (Å²) in [6.45, 7) is 6.51. The summed E-state index contributed by atoms with van der Waals surface area (Å²) in [6, 6.07) is 0. The molecule has 0 bridgehead atoms. The van der Waals surface area contributed by atoms with Crippen molar-refractivity contribution >= 4 is 17.9 Å². The largest absolute Gasteiger partial charge is 0.462 e. The molecule has 80 heavy (non-hydrogen) atoms. The summed E-state index contributed by atoms with van der Waals surface area (Å²) in [7, 11) is 0. The standard InChI is InChI=1S/C74H132O6/c1-4-7-10-13-16-18-20-22-24-26-28-30-32-33-34-35-36-37-38-39-40-41-43-44-46-48-50-52-54-56-58-61-64-67-73(76)79-70-71(69-78-72(75)66-63-60-15-12-9-6-3)80-74(77)68-65-62-59-57-55-53-51-49-47-45-42-31-29-27-25-23-21-19-17-14-11-8-5-2/h7,10,16,18,22,24,27-30,33-34,71H,4-6,8-9,11-15,17,19-21,23,25-26,31-32,35-70H2,1-3H3/b10-7-,18-16-,24-22-,29-27-,30-28-,34-33-. The second-order valence-electron chi connectivity index (χ2n) is 23.4. The molecular weight excluding hydrogens is 985 g/mol. The first-order valence-electron chi connectivity index (χ1n) is 34.9. The van der Waals surface area contributed by atoms with E-state index in [0.29, 0.717) is 19.3 Å². The molecule has 0 aromatic carbocycles. The number of carbonyl (C=O) groups excluding carboxylic acids is 3. The number of hydrogen-bond donors (Lipinski definition) is 0. The fourth-order valence-corrected chi connectivity index (χ4v) is 10.2. The lowest BCUT2D eigenvalue weighted by Gasteiger charge is -2.18. The number of rotatable bonds is 64. The molecule has 0 spiro atoms. The Labute approximate surface area is 497 Å². The van der Waals surface area contributed by atoms with Gasteiger partial charge in [-0.1, -0.05) is 325 Å². The Hall–Kier alpha value is -3.15. The van der Waals surface area contributed by atoms with Crippen molar-refractivity contribution in [3.8, 4) is 0 Å². The molecule has 0 aliphatic heterocycles. The fourth-order valence-electron chi connectivity index (χ4n) is 10.2. The van der Waals surface area contributed by atoms with Gasteiger partial charge in [0.15, 0.2) is 6.10 Å². The lowest BCUT2D eigenvalue weighted by molar-refractivity contribution is -0.167. The number of allylic oxidation sites excluding steroid dienone is 12. The highest BCUT2D eigenvalue weighted by Crippen LogP contribution is 2.18. The van der Waals surface area contributed by atoms with Crippen molar-refractivity contribution in [2.24, 2.45) is 0 Å². The molecule has 0 saturated carbocycles. The molecule has 464 valence electrons. The highest BCUT2D eigenvalue weighted by atomic mass is 16.6. The Morgan fingerprint density at radius 1 is 0.263 bits per heavy atom. The van der Waals surface area contributed by atoms with E-state index >= 15 is 0 Å². The van der Waals surface area contributed by atoms with Crippen LogP contribution in [0.25, 0.3) is 0 Å². The molecule has 1 atom stereocenters. The molecule has 0 N–H and O–H groups in total. The average Bonchev–Trinajstić information content (AvgIpc) is 3.46. The van der Waals surface area contributed by atoms with E-state index in [1.165, 1.54) is 231 Å². The fraction of sp³-hybridized carbons (Fsp3) is 0.797. The molecule has 0 fully saturated rings. The second kappa shape index (κ2) is 68.3. The van der Waals surface area contributed by atoms with E-state index in [-0.39, 0.29) is 31.1 Å². The van der Waals surface area contributed by atoms with Crippen LogP contribution in [-0.4, -0.2) is 37.2 Å². The zero-order valence-corrected chi connectivity index (χ0v) is 53.3. The van der Waals surface area contributed by atoms with Gasteiger partial charge in [0.05, 0.1) is 0 Å². The maximum atomic E-state index is 12.9. The molecule has 6 heteroatoms. The Kier molecular flexibility index (Phi) is 65.7. The minimum absolute atomic E-state index is 0.0706. The van der Waals surface area contributed by atoms with Crippen LogP contribution in [0.5, 0.6) is 0 Å². The van der Waals surface area contributed by atoms with Gasteiger partial charge in [-0.05, 0) is 89.9 Å². The van der Waals surface area contributed by atoms with Crippen LogP contribution in [0.4, 0.5) is 0 Å². The SMILES string of the molecule is CC/C=C\C/C=C\C/C=C\C/C=C\C/C=C\CCCCCCCCCCCCCCCCCCCC(=O)OCC(COC(=O)CCCCCCCC)OC(=O)CCCCCCCCCCCCC/C=C\CCCCCCCCCC. The van der Waals surface area contributed by atoms with E-state index in [1.54, 1.807) is 0 Å². The van der Waals surface area contributed by atoms with Gasteiger partial charge in [0.2, 0.25) is 0 Å². The summed E-state index contributed by atoms with van der Waals surface area (Å²) in [5.74, 6) is -0.862. The number of esters is 3. The van der Waals surface area contributed by atoms with E-state index in [1.807, 2.05) is 0 Å². The summed E-state index contributed by atoms with van der Waals surface area (Å²) >= 11 is 0. The lowest BCUT2D eigenvalue weighted by Crippen LogP contribution is -2.30. The third-order valence-electron chi connectivity index (χ3n) is 15.4. The minimum Gasteiger partial charge on any atom is -0.462 e. The van der Waals surface area contributed by atoms with Crippen LogP contribution in [0.1, 0.15) is 361 Å². The van der Waals surface area contributed by atoms with Crippen molar-refractivity contribution in [2.75, 3.05) is 13.2 Å². The van der Waals surface area contributed by atoms with Gasteiger partial charge >= 0.3 is 17.9 Å². The normalized spacial score (nSPS) is 12.5. The van der Waals surface area contributed by atoms with E-state index in [9.17, 15) is 14.4 Å². The van der Waals surface area contributed by atoms with Gasteiger partial charge in [-0.3, -0.25) is 14.4 Å². The Morgan fingerprint density at radius 3 is 0.775 bits per heavy atom. The molecule has 0 saturated heterocycles. The summed E-state index contributed by atoms with van der Waals surface area (Å²) in [5, 5.41) is 0. The summed E-state index contributed by atoms with van der Waals surface area (Å²) in [6.07, 6.45) is 89.7. The lowest BCUT2D eigenvalue weighted by atomic mass is 10.0. The van der Waals surface area contributed by atoms with Crippen molar-refractivity contribution < 1.29 is 28.6 Å². The predicted molar refractivity (Wildman–Crippen MR) is 348 cm³/mol. The van der Waals surface area contributed by atoms with Crippen LogP contribution in [0.3, 0.4) is 0 Å². The first-order valence-corrected chi connectivity index (χ1v) is 34.9. The Morgan fingerprint density at radius 2 is 0.487 bits per heavy atom. The smallest absolute Gasteiger partial charge is 0.306 e. The van der Waals surface area contributed by atoms with Crippen LogP contribution >= 0.6 is 0 Å². The van der Waals surface area contributed by atoms with Crippen molar-refractivity contribution in [3.05, 3.63) is 72.9 Å². The zero-order valence-electron chi connectivity index (χ0n) is 53.3. The van der Waals surface area contributed by atoms with Gasteiger partial charge in [0.1, 0.15) is 13.2 Å². The van der Waals surface area contributed by atoms with Gasteiger partial charge < -0.3 is 14.2 Å². The van der Waals surface area contributed by atoms with E-state index < -0.39 is 6.10 Å². The van der Waals surface area contributed by atoms with Crippen molar-refractivity contribution in [2.45, 2.75) is 367 Å². The predicted octanol–water partition coefficient (Wildman–Crippen LogP) is 24.1. The first kappa shape index (κ1) is 76.9. The maximum Gasteiger partial charge on any atom is 0.306 e. The minimum atomic E-state index is -0.770. The van der Waals surface area contributed by atoms with E-state index in [0.717, 1.165) is 89.9 Å². The average molecular weight is 1120 g/mol. The van der Waals surface area contributed by atoms with Gasteiger partial charge in [0.25, 0.3) is 0 Å². The summed E-state index contributed by atoms with van der Waals surface area (Å²) in [4.78, 5) is 38.1. The maximum absolute atomic E-state index is 12.9. The second-order valence-corrected chi connectivity index (χ2v) is 23.4. The van der Waals surface area contributed by atoms with Gasteiger partial charge in [-0.15, -0.1) is 0 Å². The first-order chi connectivity index (χ1) is 39.5. The topological polar surface area (TPSA) is 78.9 Å². The van der Waals surface area contributed by atoms with Crippen LogP contribution in [-0.2, 0) is 28.6 Å². The van der Waals surface area contributed by atoms with Gasteiger partial charge in [-0.2, -0.15) is 0 Å². The molecular formula is C74H132O6. The number of hydrogen-bond acceptors (Lipinski definition) is 6. The number of unbranched alkanes of at least 4 members (excludes halogenated alkanes) is 41. The van der Waals surface area contributed by atoms with E-state index in [2.05, 4.69) is 93.7 Å². The monoisotopic (exact) mass is 1120 g/mol. The number of carbonyl (C=O) groups is 3. The summed E-state index contributed by atoms with van der Waals surface area (Å²) < 4.78 is 16.9. The molecule has 0 aromatic heterocycles. The molecule has 0 rings (SSSR count). The molecule has 0 amide bonds. The van der Waals surface area contributed by atoms with Gasteiger partial charge in [0, 0.05) is 19.3 Å². The molecule has 1 unspecified atom stereocenters. The Bertz CT molecular complexity index is 1470. The van der Waals surface area contributed by atoms with Crippen LogP contribution in [0, 0.1) is 0 Å². The molecule has 6 nitrogen and oxygen atoms in total. The third-order valence-corrected chi connectivity index (χ3v) is 15.4. The zero-order chi connectivity index (χ0) is 57.8. The van der Waals surface area contributed by atoms with Crippen molar-refractivity contribution in [1.82, 2.24) is 0 Å². The molecule has 0 aromatic rings. The van der Waals surface area contributed by atoms with E-state index in [4.69, 9.17) is 14.2 Å². The molecule has 0 aliphatic rings. The highest BCUT2D eigenvalue weighted by molar-refractivity contribution is 5.71. The van der Waals surface area contributed by atoms with Crippen LogP contribution < -0.4 is 0 Å². The summed E-state index contributed by atoms with van der Waals surface area (Å²) in [5.41, 5.74) is 0. The third kappa shape index (κ3) is 65.7. The number of ether oxygens (including phenoxy) is 3. The molecule has 0 heterocycles. The Balaban J connectivity index is 3.98. The van der Waals surface area contributed by atoms with Crippen molar-refractivity contribution in [1.29, 1.82) is 0 Å². The quantitative estimate of drug-likeness (QED) is 0.0261. The van der Waals surface area contributed by atoms with Crippen LogP contribution in [0.2, 0.25) is 0 Å². The highest BCUT2D eigenvalue weighted by Gasteiger charge is 2.19. The van der Waals surface area contributed by atoms with Crippen molar-refractivity contribution in [3.63, 3.8) is 0 Å². The van der Waals surface area contributed by atoms with Crippen LogP contribution in [0.15, 0.2) is 72.9 Å².